The second kappa shape index (κ2) is 65.8. The third kappa shape index (κ3) is 61.4. The van der Waals surface area contributed by atoms with E-state index in [0.29, 0.717) is 12.8 Å². The fraction of sp³-hybridized carbons (Fsp3) is 0.681. The molecule has 4 heteroatoms. The van der Waals surface area contributed by atoms with E-state index in [1.807, 2.05) is 0 Å². The van der Waals surface area contributed by atoms with Crippen LogP contribution in [0.2, 0.25) is 0 Å². The lowest BCUT2D eigenvalue weighted by molar-refractivity contribution is -0.123. The summed E-state index contributed by atoms with van der Waals surface area (Å²) in [6.07, 6.45) is 102. The SMILES string of the molecule is CC/C=C\C/C=C\C/C=C\C/C=C\C/C=C\C/C=C\C/C=C\C/C=C\C/C=C\C/C=C\C/C=C\CCCCCCCC(=O)NC(CO)C(O)CCCCCCCCCCCCCCCCCCCCCCCCCCC. The zero-order valence-electron chi connectivity index (χ0n) is 50.0. The van der Waals surface area contributed by atoms with E-state index in [4.69, 9.17) is 0 Å². The minimum absolute atomic E-state index is 0.0522. The van der Waals surface area contributed by atoms with Gasteiger partial charge in [-0.25, -0.2) is 0 Å². The predicted molar refractivity (Wildman–Crippen MR) is 340 cm³/mol. The van der Waals surface area contributed by atoms with Crippen molar-refractivity contribution < 1.29 is 15.0 Å². The molecule has 0 aromatic rings. The molecule has 0 saturated heterocycles. The normalized spacial score (nSPS) is 13.7. The molecule has 0 aliphatic rings. The number of aliphatic hydroxyl groups is 2. The predicted octanol–water partition coefficient (Wildman–Crippen LogP) is 22.1. The maximum absolute atomic E-state index is 12.5. The number of nitrogens with one attached hydrogen (secondary N) is 1. The zero-order chi connectivity index (χ0) is 54.8. The third-order valence-electron chi connectivity index (χ3n) is 14.2. The summed E-state index contributed by atoms with van der Waals surface area (Å²) in [6.45, 7) is 4.25. The molecule has 0 heterocycles. The minimum atomic E-state index is -0.679. The van der Waals surface area contributed by atoms with Crippen LogP contribution in [0.5, 0.6) is 0 Å². The lowest BCUT2D eigenvalue weighted by Gasteiger charge is -2.22. The molecule has 0 bridgehead atoms. The highest BCUT2D eigenvalue weighted by Crippen LogP contribution is 2.17. The van der Waals surface area contributed by atoms with E-state index >= 15 is 0 Å². The summed E-state index contributed by atoms with van der Waals surface area (Å²) in [6, 6.07) is -0.558. The maximum atomic E-state index is 12.5. The Bertz CT molecular complexity index is 1520. The standard InChI is InChI=1S/C72H123NO3/c1-3-5-7-9-11-13-15-17-19-21-23-25-27-29-30-31-32-33-34-35-36-37-38-39-40-41-42-44-46-48-50-52-54-56-58-60-62-64-66-68-72(76)73-70(69-74)71(75)67-65-63-61-59-57-55-53-51-49-47-45-43-28-26-24-22-20-18-16-14-12-10-8-6-4-2/h5,7,11,13,17,19,23,25,29-30,32-33,35-36,38-39,41-42,46,48,52,54,70-71,74-75H,3-4,6,8-10,12,14-16,18,20-22,24,26-28,31,34,37,40,43-45,47,49-51,53,55-69H2,1-2H3,(H,73,76)/b7-5-,13-11-,19-17-,25-23-,30-29-,33-32-,36-35-,39-38-,42-41-,48-46-,54-52-. The van der Waals surface area contributed by atoms with Crippen LogP contribution in [0.15, 0.2) is 134 Å². The monoisotopic (exact) mass is 1050 g/mol. The molecule has 2 unspecified atom stereocenters. The van der Waals surface area contributed by atoms with E-state index in [1.54, 1.807) is 0 Å². The van der Waals surface area contributed by atoms with Crippen LogP contribution in [-0.2, 0) is 4.79 Å². The van der Waals surface area contributed by atoms with Gasteiger partial charge in [0, 0.05) is 6.42 Å². The van der Waals surface area contributed by atoms with Crippen LogP contribution in [0.4, 0.5) is 0 Å². The van der Waals surface area contributed by atoms with Crippen molar-refractivity contribution >= 4 is 5.91 Å². The fourth-order valence-electron chi connectivity index (χ4n) is 9.31. The Balaban J connectivity index is 3.61. The van der Waals surface area contributed by atoms with Gasteiger partial charge in [-0.3, -0.25) is 4.79 Å². The lowest BCUT2D eigenvalue weighted by atomic mass is 10.0. The van der Waals surface area contributed by atoms with Gasteiger partial charge in [-0.05, 0) is 96.3 Å². The Morgan fingerprint density at radius 1 is 0.329 bits per heavy atom. The number of carbonyl (C=O) groups excluding carboxylic acids is 1. The number of amides is 1. The molecule has 2 atom stereocenters. The van der Waals surface area contributed by atoms with Gasteiger partial charge < -0.3 is 15.5 Å². The molecule has 0 rings (SSSR count). The molecular weight excluding hydrogens is 927 g/mol. The van der Waals surface area contributed by atoms with Gasteiger partial charge in [-0.2, -0.15) is 0 Å². The van der Waals surface area contributed by atoms with Crippen LogP contribution < -0.4 is 5.32 Å². The summed E-state index contributed by atoms with van der Waals surface area (Å²) in [4.78, 5) is 12.5. The Labute approximate surface area is 472 Å². The fourth-order valence-corrected chi connectivity index (χ4v) is 9.31. The van der Waals surface area contributed by atoms with Crippen molar-refractivity contribution in [1.82, 2.24) is 5.32 Å². The average Bonchev–Trinajstić information content (AvgIpc) is 3.42. The van der Waals surface area contributed by atoms with Crippen molar-refractivity contribution in [3.05, 3.63) is 134 Å². The molecule has 0 aromatic heterocycles. The first-order chi connectivity index (χ1) is 37.7. The molecule has 0 aliphatic heterocycles. The zero-order valence-corrected chi connectivity index (χ0v) is 50.0. The van der Waals surface area contributed by atoms with E-state index in [1.165, 1.54) is 161 Å². The average molecular weight is 1050 g/mol. The van der Waals surface area contributed by atoms with E-state index in [2.05, 4.69) is 153 Å². The Kier molecular flexibility index (Phi) is 62.8. The smallest absolute Gasteiger partial charge is 0.220 e. The first-order valence-corrected chi connectivity index (χ1v) is 32.4. The van der Waals surface area contributed by atoms with Crippen molar-refractivity contribution in [2.24, 2.45) is 0 Å². The summed E-state index contributed by atoms with van der Waals surface area (Å²) in [7, 11) is 0. The van der Waals surface area contributed by atoms with Crippen LogP contribution in [-0.4, -0.2) is 34.9 Å². The van der Waals surface area contributed by atoms with Gasteiger partial charge in [-0.15, -0.1) is 0 Å². The van der Waals surface area contributed by atoms with Gasteiger partial charge >= 0.3 is 0 Å². The van der Waals surface area contributed by atoms with Gasteiger partial charge in [-0.1, -0.05) is 327 Å². The van der Waals surface area contributed by atoms with Crippen molar-refractivity contribution in [2.75, 3.05) is 6.61 Å². The molecule has 0 aromatic carbocycles. The molecule has 0 aliphatic carbocycles. The Hall–Kier alpha value is -3.47. The highest BCUT2D eigenvalue weighted by molar-refractivity contribution is 5.76. The number of allylic oxidation sites excluding steroid dienone is 22. The van der Waals surface area contributed by atoms with E-state index in [-0.39, 0.29) is 12.5 Å². The first kappa shape index (κ1) is 72.5. The molecule has 0 saturated carbocycles. The summed E-state index contributed by atoms with van der Waals surface area (Å²) >= 11 is 0. The quantitative estimate of drug-likeness (QED) is 0.0420. The molecule has 434 valence electrons. The van der Waals surface area contributed by atoms with Crippen molar-refractivity contribution in [2.45, 2.75) is 309 Å². The van der Waals surface area contributed by atoms with Gasteiger partial charge in [0.15, 0.2) is 0 Å². The molecule has 4 nitrogen and oxygen atoms in total. The van der Waals surface area contributed by atoms with Crippen LogP contribution >= 0.6 is 0 Å². The van der Waals surface area contributed by atoms with Crippen molar-refractivity contribution in [1.29, 1.82) is 0 Å². The van der Waals surface area contributed by atoms with Crippen LogP contribution in [0, 0.1) is 0 Å². The molecular formula is C72H123NO3. The highest BCUT2D eigenvalue weighted by atomic mass is 16.3. The van der Waals surface area contributed by atoms with E-state index in [0.717, 1.165) is 109 Å². The second-order valence-electron chi connectivity index (χ2n) is 21.5. The largest absolute Gasteiger partial charge is 0.394 e. The number of hydrogen-bond donors (Lipinski definition) is 3. The number of hydrogen-bond acceptors (Lipinski definition) is 3. The van der Waals surface area contributed by atoms with Gasteiger partial charge in [0.1, 0.15) is 0 Å². The van der Waals surface area contributed by atoms with Gasteiger partial charge in [0.25, 0.3) is 0 Å². The van der Waals surface area contributed by atoms with Crippen LogP contribution in [0.3, 0.4) is 0 Å². The van der Waals surface area contributed by atoms with Gasteiger partial charge in [0.05, 0.1) is 18.8 Å². The Morgan fingerprint density at radius 2 is 0.579 bits per heavy atom. The lowest BCUT2D eigenvalue weighted by Crippen LogP contribution is -2.45. The van der Waals surface area contributed by atoms with Crippen LogP contribution in [0.25, 0.3) is 0 Å². The summed E-state index contributed by atoms with van der Waals surface area (Å²) in [5, 5.41) is 23.4. The summed E-state index contributed by atoms with van der Waals surface area (Å²) in [5.74, 6) is -0.0522. The number of unbranched alkanes of at least 4 members (excludes halogenated alkanes) is 29. The second-order valence-corrected chi connectivity index (χ2v) is 21.5. The number of aliphatic hydroxyl groups excluding tert-OH is 2. The summed E-state index contributed by atoms with van der Waals surface area (Å²) < 4.78 is 0. The van der Waals surface area contributed by atoms with Crippen LogP contribution in [0.1, 0.15) is 296 Å². The minimum Gasteiger partial charge on any atom is -0.394 e. The summed E-state index contributed by atoms with van der Waals surface area (Å²) in [5.41, 5.74) is 0. The molecule has 0 radical (unpaired) electrons. The number of carbonyl (C=O) groups is 1. The van der Waals surface area contributed by atoms with E-state index < -0.39 is 12.1 Å². The van der Waals surface area contributed by atoms with Crippen molar-refractivity contribution in [3.63, 3.8) is 0 Å². The van der Waals surface area contributed by atoms with E-state index in [9.17, 15) is 15.0 Å². The maximum Gasteiger partial charge on any atom is 0.220 e. The molecule has 3 N–H and O–H groups in total. The highest BCUT2D eigenvalue weighted by Gasteiger charge is 2.20. The van der Waals surface area contributed by atoms with Crippen molar-refractivity contribution in [3.8, 4) is 0 Å². The topological polar surface area (TPSA) is 69.6 Å². The molecule has 76 heavy (non-hydrogen) atoms. The first-order valence-electron chi connectivity index (χ1n) is 32.4. The number of rotatable bonds is 58. The van der Waals surface area contributed by atoms with Gasteiger partial charge in [0.2, 0.25) is 5.91 Å². The molecule has 0 fully saturated rings. The molecule has 0 spiro atoms. The Morgan fingerprint density at radius 3 is 0.868 bits per heavy atom. The third-order valence-corrected chi connectivity index (χ3v) is 14.2. The molecule has 1 amide bonds.